The summed E-state index contributed by atoms with van der Waals surface area (Å²) in [6.07, 6.45) is 3.50. The van der Waals surface area contributed by atoms with Gasteiger partial charge in [0.25, 0.3) is 0 Å². The van der Waals surface area contributed by atoms with E-state index in [1.165, 1.54) is 17.8 Å². The minimum absolute atomic E-state index is 0.0464. The number of nitrogens with one attached hydrogen (secondary N) is 1. The highest BCUT2D eigenvalue weighted by Crippen LogP contribution is 2.24. The zero-order valence-electron chi connectivity index (χ0n) is 14.3. The number of benzene rings is 2. The lowest BCUT2D eigenvalue weighted by Gasteiger charge is -2.12. The maximum absolute atomic E-state index is 13.6. The molecule has 3 aromatic rings. The first-order valence-electron chi connectivity index (χ1n) is 7.93. The van der Waals surface area contributed by atoms with Gasteiger partial charge in [0, 0.05) is 18.5 Å². The van der Waals surface area contributed by atoms with Crippen molar-refractivity contribution in [2.24, 2.45) is 0 Å². The Kier molecular flexibility index (Phi) is 5.37. The molecular formula is C19H17F2N3OS. The number of carbonyl (C=O) groups excluding carboxylic acids is 1. The van der Waals surface area contributed by atoms with Crippen molar-refractivity contribution >= 4 is 23.4 Å². The van der Waals surface area contributed by atoms with Gasteiger partial charge in [-0.15, -0.1) is 0 Å². The van der Waals surface area contributed by atoms with Crippen molar-refractivity contribution in [3.05, 3.63) is 71.6 Å². The number of hydrogen-bond donors (Lipinski definition) is 1. The van der Waals surface area contributed by atoms with Gasteiger partial charge in [0.15, 0.2) is 5.16 Å². The van der Waals surface area contributed by atoms with E-state index in [0.717, 1.165) is 28.9 Å². The Balaban J connectivity index is 1.70. The first kappa shape index (κ1) is 18.1. The fourth-order valence-corrected chi connectivity index (χ4v) is 3.25. The van der Waals surface area contributed by atoms with Crippen molar-refractivity contribution in [2.45, 2.75) is 19.0 Å². The molecule has 0 spiro atoms. The summed E-state index contributed by atoms with van der Waals surface area (Å²) in [5.74, 6) is -1.83. The van der Waals surface area contributed by atoms with Crippen molar-refractivity contribution in [1.29, 1.82) is 0 Å². The lowest BCUT2D eigenvalue weighted by atomic mass is 10.1. The average molecular weight is 373 g/mol. The number of aryl methyl sites for hydroxylation is 1. The zero-order valence-corrected chi connectivity index (χ0v) is 15.1. The average Bonchev–Trinajstić information content (AvgIpc) is 3.06. The van der Waals surface area contributed by atoms with Crippen LogP contribution in [0.4, 0.5) is 14.5 Å². The second-order valence-corrected chi connectivity index (χ2v) is 6.70. The number of amides is 1. The van der Waals surface area contributed by atoms with E-state index in [2.05, 4.69) is 10.3 Å². The van der Waals surface area contributed by atoms with Gasteiger partial charge in [-0.2, -0.15) is 0 Å². The molecule has 0 aliphatic heterocycles. The molecule has 0 aliphatic carbocycles. The van der Waals surface area contributed by atoms with Gasteiger partial charge in [-0.25, -0.2) is 13.8 Å². The number of nitrogens with zero attached hydrogens (tertiary/aromatic N) is 2. The SMILES string of the molecule is Cc1cccc(-n2ccnc2SCC(=O)Nc2ccc(F)cc2F)c1C. The molecule has 1 heterocycles. The van der Waals surface area contributed by atoms with Crippen LogP contribution in [0.3, 0.4) is 0 Å². The molecule has 4 nitrogen and oxygen atoms in total. The van der Waals surface area contributed by atoms with Crippen molar-refractivity contribution in [3.8, 4) is 5.69 Å². The van der Waals surface area contributed by atoms with Crippen LogP contribution >= 0.6 is 11.8 Å². The number of imidazole rings is 1. The Bertz CT molecular complexity index is 956. The Morgan fingerprint density at radius 2 is 2.04 bits per heavy atom. The van der Waals surface area contributed by atoms with E-state index in [0.29, 0.717) is 5.16 Å². The van der Waals surface area contributed by atoms with Crippen LogP contribution < -0.4 is 5.32 Å². The molecule has 0 saturated heterocycles. The van der Waals surface area contributed by atoms with Gasteiger partial charge < -0.3 is 5.32 Å². The summed E-state index contributed by atoms with van der Waals surface area (Å²) in [7, 11) is 0. The van der Waals surface area contributed by atoms with Crippen LogP contribution in [-0.2, 0) is 4.79 Å². The molecule has 134 valence electrons. The molecule has 26 heavy (non-hydrogen) atoms. The maximum Gasteiger partial charge on any atom is 0.234 e. The minimum atomic E-state index is -0.805. The summed E-state index contributed by atoms with van der Waals surface area (Å²) in [5.41, 5.74) is 3.24. The molecule has 0 radical (unpaired) electrons. The number of aromatic nitrogens is 2. The van der Waals surface area contributed by atoms with E-state index in [-0.39, 0.29) is 11.4 Å². The molecule has 1 amide bonds. The third kappa shape index (κ3) is 3.94. The summed E-state index contributed by atoms with van der Waals surface area (Å²) in [4.78, 5) is 16.4. The fourth-order valence-electron chi connectivity index (χ4n) is 2.48. The minimum Gasteiger partial charge on any atom is -0.323 e. The van der Waals surface area contributed by atoms with Gasteiger partial charge in [0.05, 0.1) is 17.1 Å². The van der Waals surface area contributed by atoms with Gasteiger partial charge in [0.1, 0.15) is 11.6 Å². The molecule has 7 heteroatoms. The zero-order chi connectivity index (χ0) is 18.7. The van der Waals surface area contributed by atoms with Gasteiger partial charge in [0.2, 0.25) is 5.91 Å². The summed E-state index contributed by atoms with van der Waals surface area (Å²) >= 11 is 1.24. The summed E-state index contributed by atoms with van der Waals surface area (Å²) < 4.78 is 28.4. The highest BCUT2D eigenvalue weighted by atomic mass is 32.2. The van der Waals surface area contributed by atoms with Gasteiger partial charge in [-0.1, -0.05) is 23.9 Å². The molecule has 2 aromatic carbocycles. The molecule has 0 atom stereocenters. The van der Waals surface area contributed by atoms with E-state index in [9.17, 15) is 13.6 Å². The summed E-state index contributed by atoms with van der Waals surface area (Å²) in [6, 6.07) is 9.02. The third-order valence-electron chi connectivity index (χ3n) is 3.98. The number of thioether (sulfide) groups is 1. The normalized spacial score (nSPS) is 10.8. The van der Waals surface area contributed by atoms with E-state index in [4.69, 9.17) is 0 Å². The van der Waals surface area contributed by atoms with Crippen LogP contribution in [0.25, 0.3) is 5.69 Å². The third-order valence-corrected chi connectivity index (χ3v) is 4.95. The van der Waals surface area contributed by atoms with Gasteiger partial charge in [-0.05, 0) is 43.2 Å². The molecule has 3 rings (SSSR count). The standard InChI is InChI=1S/C19H17F2N3OS/c1-12-4-3-5-17(13(12)2)24-9-8-22-19(24)26-11-18(25)23-16-7-6-14(20)10-15(16)21/h3-10H,11H2,1-2H3,(H,23,25). The summed E-state index contributed by atoms with van der Waals surface area (Å²) in [6.45, 7) is 4.07. The topological polar surface area (TPSA) is 46.9 Å². The highest BCUT2D eigenvalue weighted by molar-refractivity contribution is 7.99. The number of carbonyl (C=O) groups is 1. The lowest BCUT2D eigenvalue weighted by molar-refractivity contribution is -0.113. The molecule has 1 aromatic heterocycles. The monoisotopic (exact) mass is 373 g/mol. The van der Waals surface area contributed by atoms with Gasteiger partial charge >= 0.3 is 0 Å². The van der Waals surface area contributed by atoms with Crippen molar-refractivity contribution < 1.29 is 13.6 Å². The van der Waals surface area contributed by atoms with Crippen LogP contribution in [0, 0.1) is 25.5 Å². The highest BCUT2D eigenvalue weighted by Gasteiger charge is 2.13. The number of hydrogen-bond acceptors (Lipinski definition) is 3. The number of anilines is 1. The lowest BCUT2D eigenvalue weighted by Crippen LogP contribution is -2.15. The van der Waals surface area contributed by atoms with Crippen LogP contribution in [0.1, 0.15) is 11.1 Å². The second-order valence-electron chi connectivity index (χ2n) is 5.76. The molecule has 1 N–H and O–H groups in total. The van der Waals surface area contributed by atoms with Crippen molar-refractivity contribution in [3.63, 3.8) is 0 Å². The fraction of sp³-hybridized carbons (Fsp3) is 0.158. The van der Waals surface area contributed by atoms with E-state index < -0.39 is 17.5 Å². The van der Waals surface area contributed by atoms with E-state index in [1.54, 1.807) is 6.20 Å². The molecule has 0 fully saturated rings. The molecule has 0 aliphatic rings. The Hall–Kier alpha value is -2.67. The van der Waals surface area contributed by atoms with Crippen LogP contribution in [-0.4, -0.2) is 21.2 Å². The van der Waals surface area contributed by atoms with Crippen LogP contribution in [0.2, 0.25) is 0 Å². The number of rotatable bonds is 5. The Labute approximate surface area is 154 Å². The molecular weight excluding hydrogens is 356 g/mol. The number of halogens is 2. The van der Waals surface area contributed by atoms with Crippen LogP contribution in [0.5, 0.6) is 0 Å². The first-order valence-corrected chi connectivity index (χ1v) is 8.92. The molecule has 0 bridgehead atoms. The van der Waals surface area contributed by atoms with E-state index >= 15 is 0 Å². The van der Waals surface area contributed by atoms with E-state index in [1.807, 2.05) is 42.8 Å². The predicted octanol–water partition coefficient (Wildman–Crippen LogP) is 4.50. The predicted molar refractivity (Wildman–Crippen MR) is 98.7 cm³/mol. The maximum atomic E-state index is 13.6. The molecule has 0 saturated carbocycles. The Morgan fingerprint density at radius 1 is 1.23 bits per heavy atom. The Morgan fingerprint density at radius 3 is 2.81 bits per heavy atom. The van der Waals surface area contributed by atoms with Crippen LogP contribution in [0.15, 0.2) is 53.9 Å². The smallest absolute Gasteiger partial charge is 0.234 e. The largest absolute Gasteiger partial charge is 0.323 e. The quantitative estimate of drug-likeness (QED) is 0.670. The van der Waals surface area contributed by atoms with Crippen molar-refractivity contribution in [2.75, 3.05) is 11.1 Å². The van der Waals surface area contributed by atoms with Crippen molar-refractivity contribution in [1.82, 2.24) is 9.55 Å². The second kappa shape index (κ2) is 7.70. The first-order chi connectivity index (χ1) is 12.5. The summed E-state index contributed by atoms with van der Waals surface area (Å²) in [5, 5.41) is 3.10. The van der Waals surface area contributed by atoms with Gasteiger partial charge in [-0.3, -0.25) is 9.36 Å². The molecule has 0 unspecified atom stereocenters.